The Balaban J connectivity index is 0.00000361. The van der Waals surface area contributed by atoms with Gasteiger partial charge in [0.1, 0.15) is 0 Å². The molecule has 0 amide bonds. The molecule has 0 saturated carbocycles. The zero-order valence-corrected chi connectivity index (χ0v) is 13.9. The highest BCUT2D eigenvalue weighted by molar-refractivity contribution is 7.89. The molecule has 1 aromatic rings. The van der Waals surface area contributed by atoms with E-state index in [9.17, 15) is 8.42 Å². The van der Waals surface area contributed by atoms with Crippen LogP contribution in [0.5, 0.6) is 0 Å². The molecule has 4 nitrogen and oxygen atoms in total. The summed E-state index contributed by atoms with van der Waals surface area (Å²) in [5.41, 5.74) is 1.26. The smallest absolute Gasteiger partial charge is 0.213 e. The summed E-state index contributed by atoms with van der Waals surface area (Å²) in [6.45, 7) is 6.18. The van der Waals surface area contributed by atoms with E-state index in [1.54, 1.807) is 0 Å². The Bertz CT molecular complexity index is 463. The van der Waals surface area contributed by atoms with E-state index in [1.165, 1.54) is 5.56 Å². The minimum absolute atomic E-state index is 0. The van der Waals surface area contributed by atoms with E-state index in [2.05, 4.69) is 29.1 Å². The van der Waals surface area contributed by atoms with Crippen LogP contribution in [0, 0.1) is 0 Å². The summed E-state index contributed by atoms with van der Waals surface area (Å²) in [6, 6.07) is 10.4. The van der Waals surface area contributed by atoms with Crippen molar-refractivity contribution in [2.24, 2.45) is 0 Å². The van der Waals surface area contributed by atoms with Crippen LogP contribution in [0.3, 0.4) is 0 Å². The Labute approximate surface area is 128 Å². The molecule has 0 fully saturated rings. The molecule has 1 atom stereocenters. The van der Waals surface area contributed by atoms with Crippen molar-refractivity contribution < 1.29 is 8.42 Å². The van der Waals surface area contributed by atoms with Crippen LogP contribution in [-0.2, 0) is 16.4 Å². The zero-order chi connectivity index (χ0) is 14.3. The van der Waals surface area contributed by atoms with Gasteiger partial charge in [0, 0.05) is 18.6 Å². The van der Waals surface area contributed by atoms with Gasteiger partial charge in [-0.25, -0.2) is 13.1 Å². The molecule has 20 heavy (non-hydrogen) atoms. The highest BCUT2D eigenvalue weighted by atomic mass is 35.5. The van der Waals surface area contributed by atoms with Crippen molar-refractivity contribution in [3.8, 4) is 0 Å². The number of halogens is 1. The van der Waals surface area contributed by atoms with Gasteiger partial charge in [0.05, 0.1) is 5.75 Å². The van der Waals surface area contributed by atoms with E-state index in [0.717, 1.165) is 6.42 Å². The van der Waals surface area contributed by atoms with Crippen molar-refractivity contribution in [2.75, 3.05) is 12.3 Å². The first-order chi connectivity index (χ1) is 8.89. The van der Waals surface area contributed by atoms with Crippen LogP contribution in [0.15, 0.2) is 30.3 Å². The summed E-state index contributed by atoms with van der Waals surface area (Å²) in [5.74, 6) is 0.115. The fourth-order valence-electron chi connectivity index (χ4n) is 1.90. The van der Waals surface area contributed by atoms with Crippen LogP contribution in [0.1, 0.15) is 26.3 Å². The van der Waals surface area contributed by atoms with Gasteiger partial charge in [-0.2, -0.15) is 0 Å². The third kappa shape index (κ3) is 8.53. The van der Waals surface area contributed by atoms with E-state index in [1.807, 2.05) is 32.0 Å². The number of nitrogens with one attached hydrogen (secondary N) is 2. The summed E-state index contributed by atoms with van der Waals surface area (Å²) in [6.07, 6.45) is 0.901. The van der Waals surface area contributed by atoms with Gasteiger partial charge in [-0.3, -0.25) is 0 Å². The molecule has 0 aliphatic rings. The molecule has 0 heterocycles. The van der Waals surface area contributed by atoms with Crippen molar-refractivity contribution in [3.63, 3.8) is 0 Å². The normalized spacial score (nSPS) is 13.0. The Kier molecular flexibility index (Phi) is 9.05. The van der Waals surface area contributed by atoms with Crippen LogP contribution in [0.2, 0.25) is 0 Å². The predicted molar refractivity (Wildman–Crippen MR) is 86.9 cm³/mol. The SMILES string of the molecule is CC(C)NS(=O)(=O)CCNC(C)Cc1ccccc1.Cl. The molecule has 0 spiro atoms. The molecule has 0 radical (unpaired) electrons. The summed E-state index contributed by atoms with van der Waals surface area (Å²) < 4.78 is 25.8. The molecule has 116 valence electrons. The summed E-state index contributed by atoms with van der Waals surface area (Å²) in [4.78, 5) is 0. The number of rotatable bonds is 8. The molecule has 0 aromatic heterocycles. The standard InChI is InChI=1S/C14H24N2O2S.ClH/c1-12(2)16-19(17,18)10-9-15-13(3)11-14-7-5-4-6-8-14;/h4-8,12-13,15-16H,9-11H2,1-3H3;1H. The van der Waals surface area contributed by atoms with Crippen molar-refractivity contribution >= 4 is 22.4 Å². The second-order valence-corrected chi connectivity index (χ2v) is 7.01. The second-order valence-electron chi connectivity index (χ2n) is 5.14. The quantitative estimate of drug-likeness (QED) is 0.770. The van der Waals surface area contributed by atoms with Gasteiger partial charge in [0.2, 0.25) is 10.0 Å². The Morgan fingerprint density at radius 3 is 2.25 bits per heavy atom. The van der Waals surface area contributed by atoms with E-state index in [-0.39, 0.29) is 30.2 Å². The molecule has 0 aliphatic heterocycles. The van der Waals surface area contributed by atoms with E-state index in [0.29, 0.717) is 6.54 Å². The average Bonchev–Trinajstić information content (AvgIpc) is 2.28. The van der Waals surface area contributed by atoms with Gasteiger partial charge in [0.25, 0.3) is 0 Å². The van der Waals surface area contributed by atoms with Crippen LogP contribution in [-0.4, -0.2) is 32.8 Å². The van der Waals surface area contributed by atoms with E-state index >= 15 is 0 Å². The first kappa shape index (κ1) is 19.4. The van der Waals surface area contributed by atoms with Gasteiger partial charge in [-0.1, -0.05) is 30.3 Å². The molecule has 2 N–H and O–H groups in total. The van der Waals surface area contributed by atoms with E-state index in [4.69, 9.17) is 0 Å². The first-order valence-electron chi connectivity index (χ1n) is 6.66. The third-order valence-corrected chi connectivity index (χ3v) is 4.24. The molecule has 0 aliphatic carbocycles. The molecular formula is C14H25ClN2O2S. The lowest BCUT2D eigenvalue weighted by Crippen LogP contribution is -2.38. The Morgan fingerprint density at radius 2 is 1.70 bits per heavy atom. The number of benzene rings is 1. The molecular weight excluding hydrogens is 296 g/mol. The largest absolute Gasteiger partial charge is 0.313 e. The summed E-state index contributed by atoms with van der Waals surface area (Å²) >= 11 is 0. The summed E-state index contributed by atoms with van der Waals surface area (Å²) in [7, 11) is -3.16. The minimum atomic E-state index is -3.16. The van der Waals surface area contributed by atoms with Crippen molar-refractivity contribution in [2.45, 2.75) is 39.3 Å². The lowest BCUT2D eigenvalue weighted by molar-refractivity contribution is 0.544. The van der Waals surface area contributed by atoms with Crippen molar-refractivity contribution in [1.82, 2.24) is 10.0 Å². The van der Waals surface area contributed by atoms with Crippen molar-refractivity contribution in [1.29, 1.82) is 0 Å². The molecule has 1 rings (SSSR count). The average molecular weight is 321 g/mol. The molecule has 6 heteroatoms. The lowest BCUT2D eigenvalue weighted by Gasteiger charge is -2.15. The Morgan fingerprint density at radius 1 is 1.10 bits per heavy atom. The second kappa shape index (κ2) is 9.34. The molecule has 1 unspecified atom stereocenters. The van der Waals surface area contributed by atoms with Crippen LogP contribution >= 0.6 is 12.4 Å². The third-order valence-electron chi connectivity index (χ3n) is 2.66. The first-order valence-corrected chi connectivity index (χ1v) is 8.31. The van der Waals surface area contributed by atoms with Gasteiger partial charge in [0.15, 0.2) is 0 Å². The number of hydrogen-bond acceptors (Lipinski definition) is 3. The minimum Gasteiger partial charge on any atom is -0.313 e. The number of sulfonamides is 1. The highest BCUT2D eigenvalue weighted by Crippen LogP contribution is 2.02. The van der Waals surface area contributed by atoms with E-state index < -0.39 is 10.0 Å². The molecule has 0 bridgehead atoms. The lowest BCUT2D eigenvalue weighted by atomic mass is 10.1. The zero-order valence-electron chi connectivity index (χ0n) is 12.3. The maximum atomic E-state index is 11.6. The fourth-order valence-corrected chi connectivity index (χ4v) is 3.12. The maximum Gasteiger partial charge on any atom is 0.213 e. The molecule has 0 saturated heterocycles. The van der Waals surface area contributed by atoms with Crippen LogP contribution in [0.25, 0.3) is 0 Å². The van der Waals surface area contributed by atoms with Crippen LogP contribution < -0.4 is 10.0 Å². The van der Waals surface area contributed by atoms with Gasteiger partial charge in [-0.05, 0) is 32.8 Å². The maximum absolute atomic E-state index is 11.6. The topological polar surface area (TPSA) is 58.2 Å². The highest BCUT2D eigenvalue weighted by Gasteiger charge is 2.12. The predicted octanol–water partition coefficient (Wildman–Crippen LogP) is 1.96. The summed E-state index contributed by atoms with van der Waals surface area (Å²) in [5, 5.41) is 3.24. The van der Waals surface area contributed by atoms with Gasteiger partial charge < -0.3 is 5.32 Å². The monoisotopic (exact) mass is 320 g/mol. The number of hydrogen-bond donors (Lipinski definition) is 2. The van der Waals surface area contributed by atoms with Crippen LogP contribution in [0.4, 0.5) is 0 Å². The molecule has 1 aromatic carbocycles. The van der Waals surface area contributed by atoms with Gasteiger partial charge >= 0.3 is 0 Å². The van der Waals surface area contributed by atoms with Crippen molar-refractivity contribution in [3.05, 3.63) is 35.9 Å². The fraction of sp³-hybridized carbons (Fsp3) is 0.571. The van der Waals surface area contributed by atoms with Gasteiger partial charge in [-0.15, -0.1) is 12.4 Å². The Hall–Kier alpha value is -0.620.